The maximum Gasteiger partial charge on any atom is 0.246 e. The van der Waals surface area contributed by atoms with Gasteiger partial charge in [0.15, 0.2) is 20.3 Å². The molecule has 4 aromatic rings. The summed E-state index contributed by atoms with van der Waals surface area (Å²) in [6.07, 6.45) is 8.46. The van der Waals surface area contributed by atoms with Crippen LogP contribution in [0.15, 0.2) is 25.0 Å². The second-order valence-corrected chi connectivity index (χ2v) is 19.7. The van der Waals surface area contributed by atoms with Crippen LogP contribution in [0.1, 0.15) is 64.6 Å². The molecule has 0 bridgehead atoms. The molecule has 262 valence electrons. The first kappa shape index (κ1) is 36.5. The minimum absolute atomic E-state index is 0.0847. The molecule has 1 fully saturated rings. The van der Waals surface area contributed by atoms with E-state index in [-0.39, 0.29) is 11.3 Å². The SMILES string of the molecule is C=Cc1nn(C2CCCCO2)c2cnc(-c3c(OCCN(C)Cc4c(I)c(OCC)nn4CCO[Si](C)(C)C(C)(C)C)cnn3C)cc12. The predicted octanol–water partition coefficient (Wildman–Crippen LogP) is 6.91. The average Bonchev–Trinajstić information content (AvgIpc) is 3.70. The van der Waals surface area contributed by atoms with Gasteiger partial charge < -0.3 is 18.6 Å². The van der Waals surface area contributed by atoms with E-state index < -0.39 is 8.32 Å². The van der Waals surface area contributed by atoms with Gasteiger partial charge in [-0.25, -0.2) is 4.68 Å². The lowest BCUT2D eigenvalue weighted by atomic mass is 10.1. The monoisotopic (exact) mass is 790 g/mol. The Bertz CT molecular complexity index is 1700. The van der Waals surface area contributed by atoms with Gasteiger partial charge in [0.1, 0.15) is 12.3 Å². The minimum Gasteiger partial charge on any atom is -0.488 e. The van der Waals surface area contributed by atoms with Gasteiger partial charge in [0.05, 0.1) is 58.3 Å². The number of aromatic nitrogens is 7. The number of ether oxygens (including phenoxy) is 3. The van der Waals surface area contributed by atoms with Crippen LogP contribution in [0, 0.1) is 3.57 Å². The molecular weight excluding hydrogens is 739 g/mol. The van der Waals surface area contributed by atoms with Crippen LogP contribution in [0.4, 0.5) is 0 Å². The maximum atomic E-state index is 6.47. The normalized spacial score (nSPS) is 15.8. The number of hydrogen-bond donors (Lipinski definition) is 0. The van der Waals surface area contributed by atoms with Crippen LogP contribution >= 0.6 is 22.6 Å². The molecule has 1 aliphatic heterocycles. The number of pyridine rings is 1. The number of hydrogen-bond acceptors (Lipinski definition) is 9. The van der Waals surface area contributed by atoms with Crippen molar-refractivity contribution in [2.24, 2.45) is 7.05 Å². The van der Waals surface area contributed by atoms with E-state index in [1.807, 2.05) is 35.6 Å². The molecule has 0 spiro atoms. The summed E-state index contributed by atoms with van der Waals surface area (Å²) in [5.41, 5.74) is 4.42. The van der Waals surface area contributed by atoms with E-state index in [9.17, 15) is 0 Å². The summed E-state index contributed by atoms with van der Waals surface area (Å²) in [7, 11) is 2.14. The van der Waals surface area contributed by atoms with Crippen molar-refractivity contribution in [2.45, 2.75) is 84.4 Å². The molecule has 1 atom stereocenters. The predicted molar refractivity (Wildman–Crippen MR) is 200 cm³/mol. The van der Waals surface area contributed by atoms with Crippen LogP contribution in [0.25, 0.3) is 28.4 Å². The van der Waals surface area contributed by atoms with Gasteiger partial charge in [0.2, 0.25) is 5.88 Å². The molecule has 4 aromatic heterocycles. The summed E-state index contributed by atoms with van der Waals surface area (Å²) in [6, 6.07) is 2.04. The van der Waals surface area contributed by atoms with Crippen molar-refractivity contribution in [3.63, 3.8) is 0 Å². The van der Waals surface area contributed by atoms with E-state index in [1.165, 1.54) is 0 Å². The molecule has 5 rings (SSSR count). The first-order chi connectivity index (χ1) is 22.8. The standard InChI is InChI=1S/C34H51IN8O4Si/c1-10-25-24-20-26(36-21-27(24)43(38-25)30-14-12-13-17-46-30)32-29(22-37-41(32)7)45-18-15-40(6)23-28-31(35)33(44-11-2)39-42(28)16-19-47-48(8,9)34(3,4)5/h10,20-22,30H,1,11-19,23H2,2-9H3. The molecule has 5 heterocycles. The van der Waals surface area contributed by atoms with Crippen molar-refractivity contribution in [1.29, 1.82) is 0 Å². The first-order valence-electron chi connectivity index (χ1n) is 16.8. The zero-order valence-corrected chi connectivity index (χ0v) is 32.9. The highest BCUT2D eigenvalue weighted by molar-refractivity contribution is 14.1. The van der Waals surface area contributed by atoms with Gasteiger partial charge in [-0.05, 0) is 86.1 Å². The molecule has 0 aliphatic carbocycles. The molecule has 1 saturated heterocycles. The Labute approximate surface area is 299 Å². The van der Waals surface area contributed by atoms with E-state index in [1.54, 1.807) is 17.0 Å². The highest BCUT2D eigenvalue weighted by atomic mass is 127. The lowest BCUT2D eigenvalue weighted by molar-refractivity contribution is -0.0367. The van der Waals surface area contributed by atoms with Gasteiger partial charge in [0.25, 0.3) is 0 Å². The molecule has 48 heavy (non-hydrogen) atoms. The van der Waals surface area contributed by atoms with Gasteiger partial charge >= 0.3 is 0 Å². The largest absolute Gasteiger partial charge is 0.488 e. The second kappa shape index (κ2) is 15.4. The zero-order chi connectivity index (χ0) is 34.6. The summed E-state index contributed by atoms with van der Waals surface area (Å²) in [5, 5.41) is 15.3. The summed E-state index contributed by atoms with van der Waals surface area (Å²) < 4.78 is 31.5. The van der Waals surface area contributed by atoms with Gasteiger partial charge in [0, 0.05) is 32.1 Å². The van der Waals surface area contributed by atoms with Crippen molar-refractivity contribution in [3.8, 4) is 23.0 Å². The molecule has 1 aliphatic rings. The molecule has 0 saturated carbocycles. The summed E-state index contributed by atoms with van der Waals surface area (Å²) in [5.74, 6) is 1.35. The van der Waals surface area contributed by atoms with Gasteiger partial charge in [-0.3, -0.25) is 19.2 Å². The Morgan fingerprint density at radius 3 is 2.65 bits per heavy atom. The number of nitrogens with zero attached hydrogens (tertiary/aromatic N) is 8. The zero-order valence-electron chi connectivity index (χ0n) is 29.8. The third-order valence-electron chi connectivity index (χ3n) is 9.36. The molecule has 14 heteroatoms. The van der Waals surface area contributed by atoms with Crippen LogP contribution in [0.3, 0.4) is 0 Å². The third-order valence-corrected chi connectivity index (χ3v) is 15.0. The number of likely N-dealkylation sites (N-methyl/N-ethyl adjacent to an activating group) is 1. The van der Waals surface area contributed by atoms with E-state index in [4.69, 9.17) is 33.8 Å². The molecule has 12 nitrogen and oxygen atoms in total. The van der Waals surface area contributed by atoms with Gasteiger partial charge in [-0.15, -0.1) is 5.10 Å². The number of fused-ring (bicyclic) bond motifs is 1. The minimum atomic E-state index is -1.86. The Morgan fingerprint density at radius 1 is 1.17 bits per heavy atom. The van der Waals surface area contributed by atoms with Gasteiger partial charge in [-0.2, -0.15) is 10.2 Å². The highest BCUT2D eigenvalue weighted by Gasteiger charge is 2.37. The van der Waals surface area contributed by atoms with Crippen molar-refractivity contribution in [2.75, 3.05) is 40.0 Å². The fourth-order valence-electron chi connectivity index (χ4n) is 5.56. The first-order valence-corrected chi connectivity index (χ1v) is 20.8. The Hall–Kier alpha value is -2.79. The van der Waals surface area contributed by atoms with Crippen molar-refractivity contribution >= 4 is 47.9 Å². The van der Waals surface area contributed by atoms with Crippen molar-refractivity contribution < 1.29 is 18.6 Å². The van der Waals surface area contributed by atoms with Crippen LogP contribution < -0.4 is 9.47 Å². The summed E-state index contributed by atoms with van der Waals surface area (Å²) >= 11 is 2.35. The molecular formula is C34H51IN8O4Si. The summed E-state index contributed by atoms with van der Waals surface area (Å²) in [4.78, 5) is 7.07. The third kappa shape index (κ3) is 7.98. The van der Waals surface area contributed by atoms with Crippen molar-refractivity contribution in [3.05, 3.63) is 40.0 Å². The quantitative estimate of drug-likeness (QED) is 0.0939. The maximum absolute atomic E-state index is 6.47. The van der Waals surface area contributed by atoms with E-state index in [0.717, 1.165) is 63.1 Å². The topological polar surface area (TPSA) is 107 Å². The van der Waals surface area contributed by atoms with Crippen LogP contribution in [0.2, 0.25) is 18.1 Å². The molecule has 0 radical (unpaired) electrons. The van der Waals surface area contributed by atoms with E-state index >= 15 is 0 Å². The number of rotatable bonds is 15. The second-order valence-electron chi connectivity index (χ2n) is 13.8. The highest BCUT2D eigenvalue weighted by Crippen LogP contribution is 2.37. The lowest BCUT2D eigenvalue weighted by Crippen LogP contribution is -2.41. The molecule has 1 unspecified atom stereocenters. The van der Waals surface area contributed by atoms with E-state index in [0.29, 0.717) is 51.1 Å². The van der Waals surface area contributed by atoms with Crippen LogP contribution in [-0.4, -0.2) is 87.6 Å². The Kier molecular flexibility index (Phi) is 11.7. The smallest absolute Gasteiger partial charge is 0.246 e. The average molecular weight is 791 g/mol. The van der Waals surface area contributed by atoms with Crippen molar-refractivity contribution in [1.82, 2.24) is 39.2 Å². The molecule has 0 aromatic carbocycles. The molecule has 0 N–H and O–H groups in total. The van der Waals surface area contributed by atoms with Crippen LogP contribution in [0.5, 0.6) is 11.6 Å². The Morgan fingerprint density at radius 2 is 1.96 bits per heavy atom. The fraction of sp³-hybridized carbons (Fsp3) is 0.588. The van der Waals surface area contributed by atoms with Crippen LogP contribution in [-0.2, 0) is 29.3 Å². The Balaban J connectivity index is 1.26. The van der Waals surface area contributed by atoms with E-state index in [2.05, 4.69) is 80.1 Å². The lowest BCUT2D eigenvalue weighted by Gasteiger charge is -2.36. The fourth-order valence-corrected chi connectivity index (χ4v) is 7.30. The number of halogens is 1. The number of aryl methyl sites for hydroxylation is 1. The molecule has 0 amide bonds. The van der Waals surface area contributed by atoms with Gasteiger partial charge in [-0.1, -0.05) is 27.4 Å². The summed E-state index contributed by atoms with van der Waals surface area (Å²) in [6.45, 7) is 21.8.